The molecule has 1 N–H and O–H groups in total. The Morgan fingerprint density at radius 1 is 1.10 bits per heavy atom. The first-order chi connectivity index (χ1) is 10.1. The molecule has 0 amide bonds. The second-order valence-electron chi connectivity index (χ2n) is 5.78. The Kier molecular flexibility index (Phi) is 4.32. The zero-order chi connectivity index (χ0) is 14.8. The fourth-order valence-electron chi connectivity index (χ4n) is 3.04. The van der Waals surface area contributed by atoms with Crippen LogP contribution < -0.4 is 0 Å². The zero-order valence-electron chi connectivity index (χ0n) is 12.3. The van der Waals surface area contributed by atoms with Gasteiger partial charge >= 0.3 is 0 Å². The molecule has 0 fully saturated rings. The fraction of sp³-hybridized carbons (Fsp3) is 0.333. The van der Waals surface area contributed by atoms with Gasteiger partial charge in [-0.2, -0.15) is 0 Å². The molecule has 0 aliphatic carbocycles. The molecule has 3 heteroatoms. The molecule has 1 aliphatic rings. The molecule has 2 aromatic rings. The first-order valence-electron chi connectivity index (χ1n) is 7.40. The van der Waals surface area contributed by atoms with Gasteiger partial charge in [-0.3, -0.25) is 4.90 Å². The molecule has 0 aromatic heterocycles. The van der Waals surface area contributed by atoms with Crippen LogP contribution in [-0.4, -0.2) is 23.1 Å². The number of aryl methyl sites for hydroxylation is 1. The summed E-state index contributed by atoms with van der Waals surface area (Å²) in [6, 6.07) is 12.7. The Bertz CT molecular complexity index is 627. The summed E-state index contributed by atoms with van der Waals surface area (Å²) in [5.41, 5.74) is 4.87. The third-order valence-electron chi connectivity index (χ3n) is 4.25. The number of fused-ring (bicyclic) bond motifs is 1. The van der Waals surface area contributed by atoms with E-state index in [9.17, 15) is 5.11 Å². The Labute approximate surface area is 134 Å². The number of phenols is 1. The Balaban J connectivity index is 1.76. The van der Waals surface area contributed by atoms with E-state index in [2.05, 4.69) is 45.1 Å². The second kappa shape index (κ2) is 6.20. The second-order valence-corrected chi connectivity index (χ2v) is 6.69. The van der Waals surface area contributed by atoms with Gasteiger partial charge in [-0.1, -0.05) is 40.2 Å². The van der Waals surface area contributed by atoms with Crippen molar-refractivity contribution in [1.82, 2.24) is 4.90 Å². The van der Waals surface area contributed by atoms with E-state index in [4.69, 9.17) is 0 Å². The molecule has 0 bridgehead atoms. The van der Waals surface area contributed by atoms with Crippen LogP contribution in [-0.2, 0) is 19.4 Å². The normalized spacial score (nSPS) is 15.5. The predicted molar refractivity (Wildman–Crippen MR) is 89.7 cm³/mol. The van der Waals surface area contributed by atoms with E-state index in [-0.39, 0.29) is 0 Å². The highest BCUT2D eigenvalue weighted by Gasteiger charge is 2.16. The molecule has 0 saturated heterocycles. The van der Waals surface area contributed by atoms with E-state index < -0.39 is 0 Å². The zero-order valence-corrected chi connectivity index (χ0v) is 13.9. The standard InChI is InChI=1S/C18H20BrNO/c1-13-10-17(19)11-16(18(13)21)12-20-8-6-14-4-2-3-5-15(14)7-9-20/h2-5,10-11,21H,6-9,12H2,1H3. The van der Waals surface area contributed by atoms with Gasteiger partial charge in [0.2, 0.25) is 0 Å². The molecule has 21 heavy (non-hydrogen) atoms. The van der Waals surface area contributed by atoms with Crippen molar-refractivity contribution < 1.29 is 5.11 Å². The number of benzene rings is 2. The van der Waals surface area contributed by atoms with Crippen molar-refractivity contribution in [3.63, 3.8) is 0 Å². The topological polar surface area (TPSA) is 23.5 Å². The summed E-state index contributed by atoms with van der Waals surface area (Å²) >= 11 is 3.52. The van der Waals surface area contributed by atoms with Crippen LogP contribution in [0, 0.1) is 6.92 Å². The maximum Gasteiger partial charge on any atom is 0.123 e. The Morgan fingerprint density at radius 3 is 2.33 bits per heavy atom. The summed E-state index contributed by atoms with van der Waals surface area (Å²) < 4.78 is 1.03. The van der Waals surface area contributed by atoms with Crippen LogP contribution >= 0.6 is 15.9 Å². The van der Waals surface area contributed by atoms with Gasteiger partial charge in [0.05, 0.1) is 0 Å². The minimum absolute atomic E-state index is 0.431. The minimum atomic E-state index is 0.431. The quantitative estimate of drug-likeness (QED) is 0.886. The average molecular weight is 346 g/mol. The van der Waals surface area contributed by atoms with Gasteiger partial charge in [-0.25, -0.2) is 0 Å². The Morgan fingerprint density at radius 2 is 1.71 bits per heavy atom. The predicted octanol–water partition coefficient (Wildman–Crippen LogP) is 4.06. The summed E-state index contributed by atoms with van der Waals surface area (Å²) in [5, 5.41) is 10.2. The lowest BCUT2D eigenvalue weighted by atomic mass is 10.0. The summed E-state index contributed by atoms with van der Waals surface area (Å²) in [7, 11) is 0. The number of hydrogen-bond acceptors (Lipinski definition) is 2. The SMILES string of the molecule is Cc1cc(Br)cc(CN2CCc3ccccc3CC2)c1O. The van der Waals surface area contributed by atoms with Gasteiger partial charge in [0.1, 0.15) is 5.75 Å². The lowest BCUT2D eigenvalue weighted by Crippen LogP contribution is -2.26. The number of phenolic OH excluding ortho intramolecular Hbond substituents is 1. The van der Waals surface area contributed by atoms with Crippen LogP contribution in [0.3, 0.4) is 0 Å². The highest BCUT2D eigenvalue weighted by Crippen LogP contribution is 2.28. The van der Waals surface area contributed by atoms with Crippen molar-refractivity contribution in [3.8, 4) is 5.75 Å². The van der Waals surface area contributed by atoms with Crippen molar-refractivity contribution in [2.24, 2.45) is 0 Å². The van der Waals surface area contributed by atoms with Crippen molar-refractivity contribution in [2.75, 3.05) is 13.1 Å². The van der Waals surface area contributed by atoms with E-state index >= 15 is 0 Å². The molecule has 0 atom stereocenters. The molecule has 0 saturated carbocycles. The van der Waals surface area contributed by atoms with Gasteiger partial charge in [0, 0.05) is 29.7 Å². The number of hydrogen-bond donors (Lipinski definition) is 1. The highest BCUT2D eigenvalue weighted by atomic mass is 79.9. The summed E-state index contributed by atoms with van der Waals surface area (Å²) in [5.74, 6) is 0.431. The van der Waals surface area contributed by atoms with Gasteiger partial charge in [0.15, 0.2) is 0 Å². The van der Waals surface area contributed by atoms with Crippen molar-refractivity contribution in [2.45, 2.75) is 26.3 Å². The van der Waals surface area contributed by atoms with Gasteiger partial charge in [-0.15, -0.1) is 0 Å². The molecule has 3 rings (SSSR count). The third kappa shape index (κ3) is 3.30. The lowest BCUT2D eigenvalue weighted by molar-refractivity contribution is 0.275. The van der Waals surface area contributed by atoms with Crippen LogP contribution in [0.2, 0.25) is 0 Å². The van der Waals surface area contributed by atoms with E-state index in [0.717, 1.165) is 48.1 Å². The smallest absolute Gasteiger partial charge is 0.123 e. The first kappa shape index (κ1) is 14.6. The van der Waals surface area contributed by atoms with Crippen LogP contribution in [0.4, 0.5) is 0 Å². The molecular formula is C18H20BrNO. The van der Waals surface area contributed by atoms with E-state index in [1.54, 1.807) is 0 Å². The first-order valence-corrected chi connectivity index (χ1v) is 8.20. The minimum Gasteiger partial charge on any atom is -0.507 e. The van der Waals surface area contributed by atoms with Crippen molar-refractivity contribution in [3.05, 3.63) is 63.1 Å². The van der Waals surface area contributed by atoms with Gasteiger partial charge in [-0.05, 0) is 48.6 Å². The van der Waals surface area contributed by atoms with E-state index in [0.29, 0.717) is 5.75 Å². The molecule has 110 valence electrons. The number of rotatable bonds is 2. The monoisotopic (exact) mass is 345 g/mol. The third-order valence-corrected chi connectivity index (χ3v) is 4.71. The van der Waals surface area contributed by atoms with Crippen LogP contribution in [0.1, 0.15) is 22.3 Å². The van der Waals surface area contributed by atoms with Crippen molar-refractivity contribution >= 4 is 15.9 Å². The number of nitrogens with zero attached hydrogens (tertiary/aromatic N) is 1. The van der Waals surface area contributed by atoms with Gasteiger partial charge in [0.25, 0.3) is 0 Å². The van der Waals surface area contributed by atoms with Crippen LogP contribution in [0.5, 0.6) is 5.75 Å². The van der Waals surface area contributed by atoms with Crippen molar-refractivity contribution in [1.29, 1.82) is 0 Å². The molecule has 2 nitrogen and oxygen atoms in total. The number of aromatic hydroxyl groups is 1. The molecule has 1 heterocycles. The molecule has 0 radical (unpaired) electrons. The molecule has 0 spiro atoms. The molecule has 0 unspecified atom stereocenters. The number of halogens is 1. The summed E-state index contributed by atoms with van der Waals surface area (Å²) in [6.45, 7) is 4.84. The molecule has 1 aliphatic heterocycles. The fourth-order valence-corrected chi connectivity index (χ4v) is 3.66. The average Bonchev–Trinajstić information content (AvgIpc) is 2.67. The Hall–Kier alpha value is -1.32. The van der Waals surface area contributed by atoms with Crippen LogP contribution in [0.15, 0.2) is 40.9 Å². The van der Waals surface area contributed by atoms with Gasteiger partial charge < -0.3 is 5.11 Å². The largest absolute Gasteiger partial charge is 0.507 e. The van der Waals surface area contributed by atoms with Crippen LogP contribution in [0.25, 0.3) is 0 Å². The maximum atomic E-state index is 10.2. The maximum absolute atomic E-state index is 10.2. The lowest BCUT2D eigenvalue weighted by Gasteiger charge is -2.21. The highest BCUT2D eigenvalue weighted by molar-refractivity contribution is 9.10. The molecule has 2 aromatic carbocycles. The molecular weight excluding hydrogens is 326 g/mol. The summed E-state index contributed by atoms with van der Waals surface area (Å²) in [6.07, 6.45) is 2.17. The van der Waals surface area contributed by atoms with E-state index in [1.807, 2.05) is 19.1 Å². The summed E-state index contributed by atoms with van der Waals surface area (Å²) in [4.78, 5) is 2.43. The van der Waals surface area contributed by atoms with E-state index in [1.165, 1.54) is 11.1 Å².